The van der Waals surface area contributed by atoms with Crippen LogP contribution in [-0.2, 0) is 0 Å². The van der Waals surface area contributed by atoms with Gasteiger partial charge in [0.15, 0.2) is 0 Å². The van der Waals surface area contributed by atoms with Crippen LogP contribution in [0.5, 0.6) is 0 Å². The van der Waals surface area contributed by atoms with Gasteiger partial charge < -0.3 is 0 Å². The monoisotopic (exact) mass is 566 g/mol. The van der Waals surface area contributed by atoms with E-state index in [1.54, 1.807) is 48.5 Å². The van der Waals surface area contributed by atoms with Crippen LogP contribution in [-0.4, -0.2) is 0 Å². The van der Waals surface area contributed by atoms with Crippen LogP contribution >= 0.6 is 0 Å². The standard InChI is InChI=1S/C36H12F2N6/c1-43-31(17-41)33-23-11-9-19(21-5-3-7-29(37)27(21)15-39)13-25(23)36-34(32(18-42)44-2)24-12-10-20(14-26(24)35(33)36)22-6-4-8-30(38)28(22)16-40/h3-14H/b33-31-,34-32+. The molecule has 0 aromatic heterocycles. The number of allylic oxidation sites excluding steroid dienone is 6. The summed E-state index contributed by atoms with van der Waals surface area (Å²) in [5.41, 5.74) is 4.22. The lowest BCUT2D eigenvalue weighted by Gasteiger charge is -2.15. The Kier molecular flexibility index (Phi) is 6.39. The molecule has 200 valence electrons. The highest BCUT2D eigenvalue weighted by Crippen LogP contribution is 2.60. The summed E-state index contributed by atoms with van der Waals surface area (Å²) in [7, 11) is 0. The second-order valence-corrected chi connectivity index (χ2v) is 9.71. The van der Waals surface area contributed by atoms with Gasteiger partial charge in [-0.2, -0.15) is 10.5 Å². The minimum absolute atomic E-state index is 0.160. The predicted molar refractivity (Wildman–Crippen MR) is 158 cm³/mol. The largest absolute Gasteiger partial charge is 0.270 e. The van der Waals surface area contributed by atoms with Crippen molar-refractivity contribution >= 4 is 22.3 Å². The number of nitriles is 4. The highest BCUT2D eigenvalue weighted by atomic mass is 19.1. The molecule has 0 saturated carbocycles. The molecule has 4 aromatic rings. The van der Waals surface area contributed by atoms with Crippen LogP contribution in [0.4, 0.5) is 8.78 Å². The van der Waals surface area contributed by atoms with Crippen LogP contribution in [0.1, 0.15) is 33.4 Å². The molecule has 44 heavy (non-hydrogen) atoms. The van der Waals surface area contributed by atoms with E-state index >= 15 is 0 Å². The summed E-state index contributed by atoms with van der Waals surface area (Å²) < 4.78 is 29.1. The smallest absolute Gasteiger partial charge is 0.226 e. The molecule has 0 saturated heterocycles. The Morgan fingerprint density at radius 1 is 0.545 bits per heavy atom. The van der Waals surface area contributed by atoms with Gasteiger partial charge in [-0.05, 0) is 68.8 Å². The molecule has 0 amide bonds. The van der Waals surface area contributed by atoms with Crippen LogP contribution in [0.25, 0.3) is 54.2 Å². The van der Waals surface area contributed by atoms with Crippen molar-refractivity contribution in [2.24, 2.45) is 0 Å². The first-order valence-electron chi connectivity index (χ1n) is 12.9. The minimum atomic E-state index is -0.694. The zero-order valence-electron chi connectivity index (χ0n) is 22.4. The van der Waals surface area contributed by atoms with Gasteiger partial charge in [0.25, 0.3) is 11.4 Å². The normalized spacial score (nSPS) is 14.5. The Hall–Kier alpha value is -7.10. The van der Waals surface area contributed by atoms with Crippen LogP contribution in [0, 0.1) is 70.1 Å². The SMILES string of the molecule is [C-]#[N+]/C(C#N)=C1C2=C(/C(=C(\C#N)[N+]#[C-])c3ccc(-c4cccc(F)c4C#N)cc32)c2cc(-c3cccc(F)c3C#N)ccc2\1. The average molecular weight is 567 g/mol. The molecule has 0 bridgehead atoms. The lowest BCUT2D eigenvalue weighted by Crippen LogP contribution is -1.97. The quantitative estimate of drug-likeness (QED) is 0.180. The molecule has 0 atom stereocenters. The number of nitrogens with zero attached hydrogens (tertiary/aromatic N) is 6. The molecule has 0 heterocycles. The third kappa shape index (κ3) is 3.79. The summed E-state index contributed by atoms with van der Waals surface area (Å²) >= 11 is 0. The predicted octanol–water partition coefficient (Wildman–Crippen LogP) is 8.29. The maximum absolute atomic E-state index is 14.6. The van der Waals surface area contributed by atoms with E-state index in [9.17, 15) is 29.8 Å². The van der Waals surface area contributed by atoms with Crippen molar-refractivity contribution in [1.82, 2.24) is 0 Å². The maximum Gasteiger partial charge on any atom is 0.270 e. The van der Waals surface area contributed by atoms with Crippen LogP contribution in [0.3, 0.4) is 0 Å². The van der Waals surface area contributed by atoms with Crippen molar-refractivity contribution in [3.05, 3.63) is 152 Å². The topological polar surface area (TPSA) is 104 Å². The van der Waals surface area contributed by atoms with Crippen molar-refractivity contribution in [3.8, 4) is 46.5 Å². The van der Waals surface area contributed by atoms with Gasteiger partial charge in [0.2, 0.25) is 0 Å². The molecule has 4 aromatic carbocycles. The summed E-state index contributed by atoms with van der Waals surface area (Å²) in [6.45, 7) is 15.5. The van der Waals surface area contributed by atoms with E-state index in [4.69, 9.17) is 13.1 Å². The molecule has 2 aliphatic rings. The summed E-state index contributed by atoms with van der Waals surface area (Å²) in [5.74, 6) is -1.39. The average Bonchev–Trinajstić information content (AvgIpc) is 3.54. The summed E-state index contributed by atoms with van der Waals surface area (Å²) in [4.78, 5) is 6.96. The van der Waals surface area contributed by atoms with Gasteiger partial charge in [-0.15, -0.1) is 0 Å². The molecule has 6 nitrogen and oxygen atoms in total. The first-order chi connectivity index (χ1) is 21.4. The minimum Gasteiger partial charge on any atom is -0.226 e. The second kappa shape index (κ2) is 10.4. The molecule has 0 fully saturated rings. The number of hydrogen-bond donors (Lipinski definition) is 0. The van der Waals surface area contributed by atoms with Gasteiger partial charge in [0.1, 0.15) is 23.8 Å². The van der Waals surface area contributed by atoms with E-state index in [2.05, 4.69) is 9.69 Å². The van der Waals surface area contributed by atoms with Crippen molar-refractivity contribution in [1.29, 1.82) is 21.0 Å². The Morgan fingerprint density at radius 3 is 1.30 bits per heavy atom. The zero-order valence-corrected chi connectivity index (χ0v) is 22.4. The highest BCUT2D eigenvalue weighted by Gasteiger charge is 2.40. The Labute approximate surface area is 250 Å². The van der Waals surface area contributed by atoms with Gasteiger partial charge in [-0.1, -0.05) is 48.5 Å². The fourth-order valence-corrected chi connectivity index (χ4v) is 5.85. The number of halogens is 2. The van der Waals surface area contributed by atoms with E-state index in [1.807, 2.05) is 24.3 Å². The van der Waals surface area contributed by atoms with Crippen molar-refractivity contribution in [3.63, 3.8) is 0 Å². The summed E-state index contributed by atoms with van der Waals surface area (Å²) in [6, 6.07) is 26.3. The molecule has 0 N–H and O–H groups in total. The Bertz CT molecular complexity index is 2170. The number of hydrogen-bond acceptors (Lipinski definition) is 4. The second-order valence-electron chi connectivity index (χ2n) is 9.71. The van der Waals surface area contributed by atoms with Crippen LogP contribution in [0.15, 0.2) is 84.2 Å². The maximum atomic E-state index is 14.6. The Morgan fingerprint density at radius 2 is 0.955 bits per heavy atom. The molecular formula is C36H12F2N6. The number of fused-ring (bicyclic) bond motifs is 4. The first kappa shape index (κ1) is 27.1. The van der Waals surface area contributed by atoms with Crippen LogP contribution in [0.2, 0.25) is 0 Å². The molecule has 6 rings (SSSR count). The molecule has 0 spiro atoms. The lowest BCUT2D eigenvalue weighted by atomic mass is 9.87. The van der Waals surface area contributed by atoms with E-state index in [1.165, 1.54) is 24.3 Å². The summed E-state index contributed by atoms with van der Waals surface area (Å²) in [6.07, 6.45) is 0. The Balaban J connectivity index is 1.73. The van der Waals surface area contributed by atoms with Gasteiger partial charge in [-0.25, -0.2) is 29.0 Å². The summed E-state index contributed by atoms with van der Waals surface area (Å²) in [5, 5.41) is 39.3. The lowest BCUT2D eigenvalue weighted by molar-refractivity contribution is 0.624. The number of benzene rings is 4. The number of rotatable bonds is 2. The van der Waals surface area contributed by atoms with Crippen molar-refractivity contribution < 1.29 is 8.78 Å². The zero-order chi connectivity index (χ0) is 31.1. The van der Waals surface area contributed by atoms with Gasteiger partial charge in [-0.3, -0.25) is 0 Å². The third-order valence-corrected chi connectivity index (χ3v) is 7.65. The highest BCUT2D eigenvalue weighted by molar-refractivity contribution is 6.37. The first-order valence-corrected chi connectivity index (χ1v) is 12.9. The van der Waals surface area contributed by atoms with E-state index in [-0.39, 0.29) is 33.7 Å². The fourth-order valence-electron chi connectivity index (χ4n) is 5.85. The third-order valence-electron chi connectivity index (χ3n) is 7.65. The van der Waals surface area contributed by atoms with Crippen molar-refractivity contribution in [2.75, 3.05) is 0 Å². The van der Waals surface area contributed by atoms with E-state index in [0.29, 0.717) is 55.7 Å². The van der Waals surface area contributed by atoms with Gasteiger partial charge in [0, 0.05) is 22.3 Å². The molecule has 2 aliphatic carbocycles. The molecule has 8 heteroatoms. The van der Waals surface area contributed by atoms with Gasteiger partial charge >= 0.3 is 0 Å². The van der Waals surface area contributed by atoms with Crippen molar-refractivity contribution in [2.45, 2.75) is 0 Å². The molecular weight excluding hydrogens is 554 g/mol. The molecule has 0 unspecified atom stereocenters. The van der Waals surface area contributed by atoms with Crippen LogP contribution < -0.4 is 0 Å². The molecule has 0 aliphatic heterocycles. The van der Waals surface area contributed by atoms with E-state index in [0.717, 1.165) is 0 Å². The fraction of sp³-hybridized carbons (Fsp3) is 0. The van der Waals surface area contributed by atoms with E-state index < -0.39 is 11.6 Å². The van der Waals surface area contributed by atoms with Gasteiger partial charge in [0.05, 0.1) is 36.4 Å². The molecule has 0 radical (unpaired) electrons.